The second kappa shape index (κ2) is 12.6. The van der Waals surface area contributed by atoms with Gasteiger partial charge in [-0.15, -0.1) is 0 Å². The maximum absolute atomic E-state index is 11.4. The van der Waals surface area contributed by atoms with E-state index < -0.39 is 32.1 Å². The molecule has 0 saturated carbocycles. The predicted molar refractivity (Wildman–Crippen MR) is 87.0 cm³/mol. The number of carboxylic acid groups (broad SMARTS) is 3. The van der Waals surface area contributed by atoms with Crippen molar-refractivity contribution in [2.75, 3.05) is 52.4 Å². The molecule has 1 aliphatic heterocycles. The Morgan fingerprint density at radius 2 is 1.04 bits per heavy atom. The first-order valence-corrected chi connectivity index (χ1v) is 8.29. The van der Waals surface area contributed by atoms with Crippen molar-refractivity contribution in [1.82, 2.24) is 20.9 Å². The largest absolute Gasteiger partial charge is 0.491 e. The van der Waals surface area contributed by atoms with E-state index in [0.29, 0.717) is 26.2 Å². The molecular weight excluding hydrogens is 359 g/mol. The number of hydrogen-bond acceptors (Lipinski definition) is 8. The summed E-state index contributed by atoms with van der Waals surface area (Å²) in [7, 11) is -1.17. The molecule has 1 heterocycles. The van der Waals surface area contributed by atoms with Crippen molar-refractivity contribution in [3.05, 3.63) is 0 Å². The summed E-state index contributed by atoms with van der Waals surface area (Å²) in [5.74, 6) is -5.70. The van der Waals surface area contributed by atoms with Gasteiger partial charge in [-0.2, -0.15) is 4.89 Å². The van der Waals surface area contributed by atoms with Gasteiger partial charge in [0.25, 0.3) is 0 Å². The van der Waals surface area contributed by atoms with Crippen LogP contribution in [-0.2, 0) is 18.9 Å². The van der Waals surface area contributed by atoms with Crippen LogP contribution in [0.15, 0.2) is 0 Å². The molecule has 12 nitrogen and oxygen atoms in total. The predicted octanol–water partition coefficient (Wildman–Crippen LogP) is -3.02. The van der Waals surface area contributed by atoms with Crippen molar-refractivity contribution in [2.45, 2.75) is 5.54 Å². The molecule has 0 aromatic heterocycles. The monoisotopic (exact) mass is 383 g/mol. The molecule has 1 aliphatic rings. The fourth-order valence-corrected chi connectivity index (χ4v) is 2.28. The third-order valence-electron chi connectivity index (χ3n) is 3.48. The van der Waals surface area contributed by atoms with Crippen LogP contribution >= 0.6 is 8.69 Å². The lowest BCUT2D eigenvalue weighted by Crippen LogP contribution is -2.67. The zero-order chi connectivity index (χ0) is 19.3. The lowest BCUT2D eigenvalue weighted by molar-refractivity contribution is -0.178. The number of rotatable bonds is 4. The number of carbonyl (C=O) groups is 3. The summed E-state index contributed by atoms with van der Waals surface area (Å²) in [5.41, 5.74) is -2.98. The summed E-state index contributed by atoms with van der Waals surface area (Å²) < 4.78 is 8.51. The highest BCUT2D eigenvalue weighted by atomic mass is 31.1. The van der Waals surface area contributed by atoms with Crippen LogP contribution in [-0.4, -0.2) is 101 Å². The van der Waals surface area contributed by atoms with Gasteiger partial charge in [0.05, 0.1) is 0 Å². The minimum Gasteiger partial charge on any atom is -0.479 e. The van der Waals surface area contributed by atoms with E-state index in [2.05, 4.69) is 16.0 Å². The molecule has 144 valence electrons. The quantitative estimate of drug-likeness (QED) is 0.192. The van der Waals surface area contributed by atoms with Gasteiger partial charge in [-0.3, -0.25) is 4.90 Å². The number of carboxylic acids is 3. The van der Waals surface area contributed by atoms with Gasteiger partial charge in [-0.05, 0) is 4.57 Å². The molecule has 0 spiro atoms. The number of aliphatic carboxylic acids is 3. The standard InChI is InChI=1S/C12H22N4O6.HO2P/c17-9(18)12(10(19)20,11(21)22)16-7-5-14-3-1-13-2-4-15-6-8-16;1-3-2/h13-15H,1-8H2,(H,17,18)(H,19,20)(H,21,22);3H/p+1. The molecule has 1 saturated heterocycles. The van der Waals surface area contributed by atoms with Crippen LogP contribution in [0, 0.1) is 0 Å². The fourth-order valence-electron chi connectivity index (χ4n) is 2.28. The molecule has 0 aromatic rings. The first-order chi connectivity index (χ1) is 11.8. The second-order valence-corrected chi connectivity index (χ2v) is 5.14. The molecule has 1 atom stereocenters. The van der Waals surface area contributed by atoms with Crippen molar-refractivity contribution >= 4 is 26.6 Å². The van der Waals surface area contributed by atoms with E-state index in [0.717, 1.165) is 4.90 Å². The topological polar surface area (TPSA) is 189 Å². The molecule has 1 fully saturated rings. The van der Waals surface area contributed by atoms with Crippen molar-refractivity contribution in [3.8, 4) is 0 Å². The number of hydrogen-bond donors (Lipinski definition) is 7. The Morgan fingerprint density at radius 3 is 1.32 bits per heavy atom. The van der Waals surface area contributed by atoms with E-state index in [9.17, 15) is 29.7 Å². The Labute approximate surface area is 145 Å². The van der Waals surface area contributed by atoms with Gasteiger partial charge in [0.2, 0.25) is 0 Å². The third-order valence-corrected chi connectivity index (χ3v) is 3.48. The lowest BCUT2D eigenvalue weighted by atomic mass is 9.97. The highest BCUT2D eigenvalue weighted by molar-refractivity contribution is 7.16. The van der Waals surface area contributed by atoms with Crippen molar-refractivity contribution < 1.29 is 39.2 Å². The van der Waals surface area contributed by atoms with Crippen LogP contribution in [0.1, 0.15) is 0 Å². The molecule has 0 radical (unpaired) electrons. The van der Waals surface area contributed by atoms with Crippen molar-refractivity contribution in [1.29, 1.82) is 0 Å². The van der Waals surface area contributed by atoms with E-state index in [1.54, 1.807) is 0 Å². The van der Waals surface area contributed by atoms with Crippen LogP contribution < -0.4 is 16.0 Å². The van der Waals surface area contributed by atoms with Crippen LogP contribution in [0.5, 0.6) is 0 Å². The zero-order valence-electron chi connectivity index (χ0n) is 13.5. The third kappa shape index (κ3) is 6.98. The van der Waals surface area contributed by atoms with Crippen LogP contribution in [0.3, 0.4) is 0 Å². The van der Waals surface area contributed by atoms with Crippen LogP contribution in [0.25, 0.3) is 0 Å². The van der Waals surface area contributed by atoms with E-state index in [4.69, 9.17) is 9.46 Å². The smallest absolute Gasteiger partial charge is 0.479 e. The van der Waals surface area contributed by atoms with Crippen LogP contribution in [0.2, 0.25) is 0 Å². The van der Waals surface area contributed by atoms with Crippen molar-refractivity contribution in [3.63, 3.8) is 0 Å². The number of nitrogens with zero attached hydrogens (tertiary/aromatic N) is 1. The Hall–Kier alpha value is -1.69. The SMILES string of the molecule is O=C(O)C(C(=O)O)(C(=O)O)N1CCNCCNCCNCC1.O=[PH+]O. The summed E-state index contributed by atoms with van der Waals surface area (Å²) in [6, 6.07) is 0. The highest BCUT2D eigenvalue weighted by Crippen LogP contribution is 2.17. The van der Waals surface area contributed by atoms with Crippen LogP contribution in [0.4, 0.5) is 0 Å². The van der Waals surface area contributed by atoms with Gasteiger partial charge >= 0.3 is 32.1 Å². The molecular formula is C12H24N4O8P+. The average Bonchev–Trinajstić information content (AvgIpc) is 2.49. The van der Waals surface area contributed by atoms with E-state index in [1.807, 2.05) is 0 Å². The van der Waals surface area contributed by atoms with E-state index in [1.165, 1.54) is 0 Å². The molecule has 25 heavy (non-hydrogen) atoms. The van der Waals surface area contributed by atoms with Crippen molar-refractivity contribution in [2.24, 2.45) is 0 Å². The fraction of sp³-hybridized carbons (Fsp3) is 0.750. The minimum absolute atomic E-state index is 0.00736. The zero-order valence-corrected chi connectivity index (χ0v) is 14.5. The van der Waals surface area contributed by atoms with Gasteiger partial charge in [0.15, 0.2) is 0 Å². The molecule has 1 unspecified atom stereocenters. The molecule has 0 amide bonds. The van der Waals surface area contributed by atoms with Gasteiger partial charge in [0, 0.05) is 52.4 Å². The molecule has 13 heteroatoms. The average molecular weight is 383 g/mol. The Bertz CT molecular complexity index is 416. The maximum Gasteiger partial charge on any atom is 0.491 e. The summed E-state index contributed by atoms with van der Waals surface area (Å²) in [6.07, 6.45) is 0. The Balaban J connectivity index is 0.00000178. The van der Waals surface area contributed by atoms with Gasteiger partial charge in [-0.1, -0.05) is 0 Å². The van der Waals surface area contributed by atoms with E-state index in [-0.39, 0.29) is 26.2 Å². The van der Waals surface area contributed by atoms with Gasteiger partial charge in [0.1, 0.15) is 0 Å². The molecule has 0 aliphatic carbocycles. The first kappa shape index (κ1) is 23.3. The number of nitrogens with one attached hydrogen (secondary N) is 3. The summed E-state index contributed by atoms with van der Waals surface area (Å²) in [6.45, 7) is 3.23. The Morgan fingerprint density at radius 1 is 0.760 bits per heavy atom. The Kier molecular flexibility index (Phi) is 11.8. The summed E-state index contributed by atoms with van der Waals surface area (Å²) in [5, 5.41) is 37.0. The molecule has 0 bridgehead atoms. The first-order valence-electron chi connectivity index (χ1n) is 7.44. The second-order valence-electron chi connectivity index (χ2n) is 4.95. The normalized spacial score (nSPS) is 18.1. The minimum atomic E-state index is -2.98. The molecule has 1 rings (SSSR count). The molecule has 0 aromatic carbocycles. The van der Waals surface area contributed by atoms with Gasteiger partial charge < -0.3 is 31.3 Å². The lowest BCUT2D eigenvalue weighted by Gasteiger charge is -2.34. The molecule has 7 N–H and O–H groups in total. The summed E-state index contributed by atoms with van der Waals surface area (Å²) >= 11 is 0. The highest BCUT2D eigenvalue weighted by Gasteiger charge is 2.59. The summed E-state index contributed by atoms with van der Waals surface area (Å²) in [4.78, 5) is 42.3. The maximum atomic E-state index is 11.4. The van der Waals surface area contributed by atoms with E-state index >= 15 is 0 Å². The van der Waals surface area contributed by atoms with Gasteiger partial charge in [-0.25, -0.2) is 14.4 Å².